The van der Waals surface area contributed by atoms with Crippen LogP contribution in [0.5, 0.6) is 0 Å². The first-order valence-corrected chi connectivity index (χ1v) is 11.5. The van der Waals surface area contributed by atoms with Crippen molar-refractivity contribution in [1.29, 1.82) is 0 Å². The lowest BCUT2D eigenvalue weighted by Gasteiger charge is -2.55. The van der Waals surface area contributed by atoms with E-state index in [2.05, 4.69) is 4.74 Å². The van der Waals surface area contributed by atoms with Crippen molar-refractivity contribution in [2.24, 2.45) is 28.6 Å². The Morgan fingerprint density at radius 2 is 1.39 bits per heavy atom. The maximum atomic E-state index is 14.3. The van der Waals surface area contributed by atoms with Gasteiger partial charge in [-0.3, -0.25) is 4.79 Å². The second kappa shape index (κ2) is 8.64. The average Bonchev–Trinajstić information content (AvgIpc) is 2.64. The summed E-state index contributed by atoms with van der Waals surface area (Å²) in [5.74, 6) is -9.48. The van der Waals surface area contributed by atoms with Crippen molar-refractivity contribution in [2.75, 3.05) is 13.2 Å². The van der Waals surface area contributed by atoms with E-state index in [0.29, 0.717) is 26.2 Å². The van der Waals surface area contributed by atoms with Gasteiger partial charge in [-0.05, 0) is 76.5 Å². The second-order valence-corrected chi connectivity index (χ2v) is 10.8. The first kappa shape index (κ1) is 26.2. The lowest BCUT2D eigenvalue weighted by Crippen LogP contribution is -2.61. The zero-order valence-electron chi connectivity index (χ0n) is 19.5. The quantitative estimate of drug-likeness (QED) is 0.240. The van der Waals surface area contributed by atoms with Gasteiger partial charge in [-0.1, -0.05) is 13.8 Å². The number of alkyl halides is 5. The molecule has 4 fully saturated rings. The Balaban J connectivity index is 1.86. The van der Waals surface area contributed by atoms with Crippen molar-refractivity contribution in [2.45, 2.75) is 90.5 Å². The molecule has 0 N–H and O–H groups in total. The zero-order valence-corrected chi connectivity index (χ0v) is 19.5. The minimum Gasteiger partial charge on any atom is -0.461 e. The Hall–Kier alpha value is -1.45. The first-order chi connectivity index (χ1) is 15.1. The van der Waals surface area contributed by atoms with Crippen LogP contribution in [0.3, 0.4) is 0 Å². The molecule has 0 aromatic heterocycles. The average molecular weight is 485 g/mol. The highest BCUT2D eigenvalue weighted by molar-refractivity contribution is 5.85. The fourth-order valence-electron chi connectivity index (χ4n) is 5.88. The third-order valence-electron chi connectivity index (χ3n) is 7.85. The summed E-state index contributed by atoms with van der Waals surface area (Å²) in [4.78, 5) is 25.8. The molecule has 0 radical (unpaired) electrons. The van der Waals surface area contributed by atoms with Gasteiger partial charge in [-0.15, -0.1) is 0 Å². The van der Waals surface area contributed by atoms with Gasteiger partial charge in [0.2, 0.25) is 5.92 Å². The summed E-state index contributed by atoms with van der Waals surface area (Å²) in [5.41, 5.74) is -2.81. The summed E-state index contributed by atoms with van der Waals surface area (Å²) in [6.45, 7) is 3.02. The molecule has 33 heavy (non-hydrogen) atoms. The molecule has 190 valence electrons. The summed E-state index contributed by atoms with van der Waals surface area (Å²) in [6, 6.07) is 0. The van der Waals surface area contributed by atoms with Crippen LogP contribution in [-0.2, 0) is 23.8 Å². The maximum Gasteiger partial charge on any atom is 0.468 e. The minimum atomic E-state index is -5.46. The number of rotatable bonds is 9. The van der Waals surface area contributed by atoms with Crippen LogP contribution < -0.4 is 0 Å². The normalized spacial score (nSPS) is 31.2. The van der Waals surface area contributed by atoms with Crippen LogP contribution in [0.15, 0.2) is 0 Å². The van der Waals surface area contributed by atoms with E-state index in [1.807, 2.05) is 0 Å². The standard InChI is InChI=1S/C23H33F5O5/c1-5-31-18(30)22(23(26,27)28,32-7-6-19(2,3)20(4,24)25)33-17(29)21-11-14-8-15(12-21)10-16(9-14)13-21/h14-16H,5-13H2,1-4H3. The van der Waals surface area contributed by atoms with E-state index < -0.39 is 60.3 Å². The Bertz CT molecular complexity index is 722. The van der Waals surface area contributed by atoms with Gasteiger partial charge < -0.3 is 14.2 Å². The summed E-state index contributed by atoms with van der Waals surface area (Å²) in [7, 11) is 0. The van der Waals surface area contributed by atoms with E-state index in [9.17, 15) is 31.5 Å². The van der Waals surface area contributed by atoms with Crippen molar-refractivity contribution in [3.8, 4) is 0 Å². The number of halogens is 5. The molecule has 4 rings (SSSR count). The van der Waals surface area contributed by atoms with E-state index in [0.717, 1.165) is 19.3 Å². The third kappa shape index (κ3) is 4.86. The second-order valence-electron chi connectivity index (χ2n) is 10.8. The van der Waals surface area contributed by atoms with Crippen LogP contribution in [0, 0.1) is 28.6 Å². The summed E-state index contributed by atoms with van der Waals surface area (Å²) >= 11 is 0. The summed E-state index contributed by atoms with van der Waals surface area (Å²) in [5, 5.41) is 0. The monoisotopic (exact) mass is 484 g/mol. The number of carbonyl (C=O) groups is 2. The van der Waals surface area contributed by atoms with Gasteiger partial charge in [-0.2, -0.15) is 13.2 Å². The Morgan fingerprint density at radius 3 is 1.79 bits per heavy atom. The van der Waals surface area contributed by atoms with Crippen LogP contribution in [-0.4, -0.2) is 43.0 Å². The van der Waals surface area contributed by atoms with Gasteiger partial charge >= 0.3 is 23.9 Å². The van der Waals surface area contributed by atoms with Gasteiger partial charge in [0.1, 0.15) is 0 Å². The van der Waals surface area contributed by atoms with E-state index in [1.165, 1.54) is 20.8 Å². The van der Waals surface area contributed by atoms with Gasteiger partial charge in [-0.25, -0.2) is 13.6 Å². The molecule has 0 spiro atoms. The highest BCUT2D eigenvalue weighted by atomic mass is 19.4. The smallest absolute Gasteiger partial charge is 0.461 e. The fraction of sp³-hybridized carbons (Fsp3) is 0.913. The molecule has 5 nitrogen and oxygen atoms in total. The van der Waals surface area contributed by atoms with Crippen molar-refractivity contribution in [1.82, 2.24) is 0 Å². The van der Waals surface area contributed by atoms with Gasteiger partial charge in [0, 0.05) is 5.41 Å². The number of esters is 2. The lowest BCUT2D eigenvalue weighted by atomic mass is 9.49. The predicted octanol–water partition coefficient (Wildman–Crippen LogP) is 5.66. The molecule has 4 aliphatic carbocycles. The Labute approximate surface area is 190 Å². The maximum absolute atomic E-state index is 14.3. The molecule has 0 aromatic rings. The van der Waals surface area contributed by atoms with E-state index >= 15 is 0 Å². The van der Waals surface area contributed by atoms with Crippen molar-refractivity contribution in [3.63, 3.8) is 0 Å². The van der Waals surface area contributed by atoms with Gasteiger partial charge in [0.25, 0.3) is 0 Å². The van der Waals surface area contributed by atoms with Gasteiger partial charge in [0.15, 0.2) is 0 Å². The summed E-state index contributed by atoms with van der Waals surface area (Å²) < 4.78 is 84.9. The fourth-order valence-corrected chi connectivity index (χ4v) is 5.88. The van der Waals surface area contributed by atoms with Crippen LogP contribution in [0.25, 0.3) is 0 Å². The Morgan fingerprint density at radius 1 is 0.909 bits per heavy atom. The highest BCUT2D eigenvalue weighted by Gasteiger charge is 2.69. The molecule has 10 heteroatoms. The molecule has 0 amide bonds. The molecule has 0 aromatic carbocycles. The van der Waals surface area contributed by atoms with Crippen LogP contribution in [0.4, 0.5) is 22.0 Å². The van der Waals surface area contributed by atoms with E-state index in [1.54, 1.807) is 0 Å². The predicted molar refractivity (Wildman–Crippen MR) is 107 cm³/mol. The van der Waals surface area contributed by atoms with Crippen LogP contribution in [0.1, 0.15) is 72.6 Å². The molecular formula is C23H33F5O5. The summed E-state index contributed by atoms with van der Waals surface area (Å²) in [6.07, 6.45) is -1.86. The van der Waals surface area contributed by atoms with E-state index in [-0.39, 0.29) is 17.8 Å². The third-order valence-corrected chi connectivity index (χ3v) is 7.85. The number of ether oxygens (including phenoxy) is 3. The van der Waals surface area contributed by atoms with Crippen LogP contribution in [0.2, 0.25) is 0 Å². The number of hydrogen-bond acceptors (Lipinski definition) is 5. The van der Waals surface area contributed by atoms with Crippen molar-refractivity contribution < 1.29 is 45.8 Å². The lowest BCUT2D eigenvalue weighted by molar-refractivity contribution is -0.360. The molecular weight excluding hydrogens is 451 g/mol. The van der Waals surface area contributed by atoms with E-state index in [4.69, 9.17) is 9.47 Å². The number of carbonyl (C=O) groups excluding carboxylic acids is 2. The van der Waals surface area contributed by atoms with Crippen LogP contribution >= 0.6 is 0 Å². The number of hydrogen-bond donors (Lipinski definition) is 0. The molecule has 4 saturated carbocycles. The molecule has 4 aliphatic rings. The highest BCUT2D eigenvalue weighted by Crippen LogP contribution is 2.61. The van der Waals surface area contributed by atoms with Crippen molar-refractivity contribution in [3.05, 3.63) is 0 Å². The first-order valence-electron chi connectivity index (χ1n) is 11.5. The molecule has 0 saturated heterocycles. The SMILES string of the molecule is CCOC(=O)C(OCCC(C)(C)C(C)(F)F)(OC(=O)C12CC3CC(CC(C3)C1)C2)C(F)(F)F. The van der Waals surface area contributed by atoms with Gasteiger partial charge in [0.05, 0.1) is 18.6 Å². The van der Waals surface area contributed by atoms with Crippen molar-refractivity contribution >= 4 is 11.9 Å². The molecule has 0 heterocycles. The topological polar surface area (TPSA) is 61.8 Å². The molecule has 4 bridgehead atoms. The largest absolute Gasteiger partial charge is 0.468 e. The molecule has 1 unspecified atom stereocenters. The molecule has 1 atom stereocenters. The Kier molecular flexibility index (Phi) is 6.85. The molecule has 0 aliphatic heterocycles. The zero-order chi connectivity index (χ0) is 24.9. The minimum absolute atomic E-state index is 0.250.